The highest BCUT2D eigenvalue weighted by atomic mass is 16.7. The maximum Gasteiger partial charge on any atom is 0.258 e. The Morgan fingerprint density at radius 1 is 0.971 bits per heavy atom. The van der Waals surface area contributed by atoms with Crippen LogP contribution in [0.4, 0.5) is 5.69 Å². The predicted molar refractivity (Wildman–Crippen MR) is 137 cm³/mol. The second-order valence-corrected chi connectivity index (χ2v) is 11.2. The lowest BCUT2D eigenvalue weighted by atomic mass is 9.80. The van der Waals surface area contributed by atoms with Gasteiger partial charge in [-0.15, -0.1) is 0 Å². The van der Waals surface area contributed by atoms with Crippen molar-refractivity contribution in [3.8, 4) is 11.5 Å². The molecule has 2 aromatic carbocycles. The van der Waals surface area contributed by atoms with Gasteiger partial charge in [-0.2, -0.15) is 0 Å². The zero-order chi connectivity index (χ0) is 24.0. The lowest BCUT2D eigenvalue weighted by Gasteiger charge is -2.39. The molecule has 1 saturated carbocycles. The smallest absolute Gasteiger partial charge is 0.258 e. The number of hydrogen-bond donors (Lipinski definition) is 0. The summed E-state index contributed by atoms with van der Waals surface area (Å²) >= 11 is 0. The van der Waals surface area contributed by atoms with Crippen LogP contribution in [0, 0.1) is 0 Å². The van der Waals surface area contributed by atoms with E-state index in [1.807, 2.05) is 23.1 Å². The van der Waals surface area contributed by atoms with Crippen LogP contribution in [-0.2, 0) is 12.0 Å². The molecule has 0 aromatic heterocycles. The monoisotopic (exact) mass is 475 g/mol. The number of para-hydroxylation sites is 1. The summed E-state index contributed by atoms with van der Waals surface area (Å²) in [7, 11) is 0. The molecule has 0 atom stereocenters. The fourth-order valence-electron chi connectivity index (χ4n) is 6.46. The number of ether oxygens (including phenoxy) is 2. The van der Waals surface area contributed by atoms with E-state index in [-0.39, 0.29) is 18.1 Å². The minimum atomic E-state index is 0.0162. The number of benzene rings is 2. The Labute approximate surface area is 208 Å². The van der Waals surface area contributed by atoms with Crippen LogP contribution >= 0.6 is 0 Å². The molecule has 6 heteroatoms. The van der Waals surface area contributed by atoms with Crippen LogP contribution < -0.4 is 14.4 Å². The number of carbonyl (C=O) groups excluding carboxylic acids is 1. The molecular weight excluding hydrogens is 438 g/mol. The van der Waals surface area contributed by atoms with Crippen molar-refractivity contribution in [2.45, 2.75) is 64.0 Å². The summed E-state index contributed by atoms with van der Waals surface area (Å²) < 4.78 is 11.2. The number of hydrogen-bond acceptors (Lipinski definition) is 5. The molecule has 2 fully saturated rings. The molecule has 4 aliphatic rings. The van der Waals surface area contributed by atoms with Gasteiger partial charge >= 0.3 is 0 Å². The fraction of sp³-hybridized carbons (Fsp3) is 0.552. The third kappa shape index (κ3) is 4.26. The summed E-state index contributed by atoms with van der Waals surface area (Å²) in [4.78, 5) is 20.9. The van der Waals surface area contributed by atoms with E-state index < -0.39 is 0 Å². The lowest BCUT2D eigenvalue weighted by Crippen LogP contribution is -2.49. The van der Waals surface area contributed by atoms with Gasteiger partial charge in [-0.3, -0.25) is 9.69 Å². The van der Waals surface area contributed by atoms with Crippen LogP contribution in [0.1, 0.15) is 67.4 Å². The molecule has 1 amide bonds. The topological polar surface area (TPSA) is 45.3 Å². The molecule has 186 valence electrons. The predicted octanol–water partition coefficient (Wildman–Crippen LogP) is 4.80. The number of fused-ring (bicyclic) bond motifs is 2. The van der Waals surface area contributed by atoms with Crippen LogP contribution in [0.3, 0.4) is 0 Å². The van der Waals surface area contributed by atoms with E-state index in [1.165, 1.54) is 42.5 Å². The first kappa shape index (κ1) is 22.7. The average molecular weight is 476 g/mol. The average Bonchev–Trinajstić information content (AvgIpc) is 3.56. The lowest BCUT2D eigenvalue weighted by molar-refractivity contribution is 0.0735. The molecule has 3 heterocycles. The van der Waals surface area contributed by atoms with Crippen LogP contribution in [0.25, 0.3) is 0 Å². The van der Waals surface area contributed by atoms with Gasteiger partial charge in [0.25, 0.3) is 5.91 Å². The SMILES string of the molecule is CC1(C)CCN(C(=O)c2cccc3c2OCO3)Cc2cc(N3CCN(C4CCCC4)CC3)ccc21. The minimum Gasteiger partial charge on any atom is -0.454 e. The summed E-state index contributed by atoms with van der Waals surface area (Å²) in [5.74, 6) is 1.26. The Morgan fingerprint density at radius 2 is 1.77 bits per heavy atom. The van der Waals surface area contributed by atoms with Crippen molar-refractivity contribution in [1.82, 2.24) is 9.80 Å². The minimum absolute atomic E-state index is 0.0162. The number of rotatable bonds is 3. The number of piperazine rings is 1. The normalized spacial score (nSPS) is 22.2. The summed E-state index contributed by atoms with van der Waals surface area (Å²) in [5.41, 5.74) is 4.53. The Balaban J connectivity index is 1.23. The van der Waals surface area contributed by atoms with Gasteiger partial charge in [-0.1, -0.05) is 38.8 Å². The summed E-state index contributed by atoms with van der Waals surface area (Å²) in [6.07, 6.45) is 6.47. The number of anilines is 1. The van der Waals surface area contributed by atoms with Gasteiger partial charge in [0, 0.05) is 51.0 Å². The van der Waals surface area contributed by atoms with Gasteiger partial charge in [0.1, 0.15) is 0 Å². The van der Waals surface area contributed by atoms with E-state index in [0.29, 0.717) is 23.6 Å². The Kier molecular flexibility index (Phi) is 5.87. The molecule has 0 spiro atoms. The Hall–Kier alpha value is -2.73. The van der Waals surface area contributed by atoms with Crippen molar-refractivity contribution in [2.75, 3.05) is 44.4 Å². The van der Waals surface area contributed by atoms with Crippen molar-refractivity contribution in [1.29, 1.82) is 0 Å². The van der Waals surface area contributed by atoms with Crippen molar-refractivity contribution in [3.05, 3.63) is 53.1 Å². The van der Waals surface area contributed by atoms with Crippen molar-refractivity contribution in [3.63, 3.8) is 0 Å². The molecule has 0 N–H and O–H groups in total. The van der Waals surface area contributed by atoms with Crippen LogP contribution in [0.15, 0.2) is 36.4 Å². The summed E-state index contributed by atoms with van der Waals surface area (Å²) in [5, 5.41) is 0. The number of amides is 1. The standard InChI is InChI=1S/C29H37N3O3/c1-29(2)12-13-32(28(33)24-8-5-9-26-27(24)35-20-34-26)19-21-18-23(10-11-25(21)29)31-16-14-30(15-17-31)22-6-3-4-7-22/h5,8-11,18,22H,3-4,6-7,12-17,19-20H2,1-2H3. The molecule has 2 aromatic rings. The first-order chi connectivity index (χ1) is 17.0. The molecule has 1 saturated heterocycles. The summed E-state index contributed by atoms with van der Waals surface area (Å²) in [6.45, 7) is 10.6. The van der Waals surface area contributed by atoms with E-state index in [4.69, 9.17) is 9.47 Å². The van der Waals surface area contributed by atoms with E-state index in [1.54, 1.807) is 0 Å². The van der Waals surface area contributed by atoms with E-state index in [2.05, 4.69) is 41.8 Å². The molecule has 3 aliphatic heterocycles. The van der Waals surface area contributed by atoms with Gasteiger partial charge in [0.15, 0.2) is 11.5 Å². The van der Waals surface area contributed by atoms with Crippen molar-refractivity contribution < 1.29 is 14.3 Å². The molecule has 6 rings (SSSR count). The van der Waals surface area contributed by atoms with E-state index in [0.717, 1.165) is 45.2 Å². The highest BCUT2D eigenvalue weighted by Crippen LogP contribution is 2.39. The highest BCUT2D eigenvalue weighted by Gasteiger charge is 2.33. The second kappa shape index (κ2) is 9.05. The van der Waals surface area contributed by atoms with Gasteiger partial charge in [0.2, 0.25) is 6.79 Å². The maximum absolute atomic E-state index is 13.7. The molecule has 0 unspecified atom stereocenters. The Morgan fingerprint density at radius 3 is 2.57 bits per heavy atom. The quantitative estimate of drug-likeness (QED) is 0.638. The first-order valence-corrected chi connectivity index (χ1v) is 13.3. The zero-order valence-electron chi connectivity index (χ0n) is 21.1. The van der Waals surface area contributed by atoms with Crippen LogP contribution in [0.5, 0.6) is 11.5 Å². The van der Waals surface area contributed by atoms with E-state index in [9.17, 15) is 4.79 Å². The molecule has 1 aliphatic carbocycles. The van der Waals surface area contributed by atoms with Crippen LogP contribution in [-0.4, -0.2) is 61.3 Å². The number of carbonyl (C=O) groups is 1. The van der Waals surface area contributed by atoms with Gasteiger partial charge in [-0.25, -0.2) is 0 Å². The fourth-order valence-corrected chi connectivity index (χ4v) is 6.46. The van der Waals surface area contributed by atoms with Crippen LogP contribution in [0.2, 0.25) is 0 Å². The van der Waals surface area contributed by atoms with Crippen molar-refractivity contribution in [2.24, 2.45) is 0 Å². The molecular formula is C29H37N3O3. The molecule has 0 bridgehead atoms. The third-order valence-corrected chi connectivity index (χ3v) is 8.62. The highest BCUT2D eigenvalue weighted by molar-refractivity contribution is 5.98. The summed E-state index contributed by atoms with van der Waals surface area (Å²) in [6, 6.07) is 13.4. The number of nitrogens with zero attached hydrogens (tertiary/aromatic N) is 3. The van der Waals surface area contributed by atoms with Gasteiger partial charge in [0.05, 0.1) is 5.56 Å². The van der Waals surface area contributed by atoms with E-state index >= 15 is 0 Å². The third-order valence-electron chi connectivity index (χ3n) is 8.62. The Bertz CT molecular complexity index is 1100. The van der Waals surface area contributed by atoms with Crippen molar-refractivity contribution >= 4 is 11.6 Å². The first-order valence-electron chi connectivity index (χ1n) is 13.3. The molecule has 0 radical (unpaired) electrons. The second-order valence-electron chi connectivity index (χ2n) is 11.2. The maximum atomic E-state index is 13.7. The molecule has 6 nitrogen and oxygen atoms in total. The zero-order valence-corrected chi connectivity index (χ0v) is 21.1. The largest absolute Gasteiger partial charge is 0.454 e. The van der Waals surface area contributed by atoms with Gasteiger partial charge in [-0.05, 0) is 60.1 Å². The molecule has 35 heavy (non-hydrogen) atoms. The van der Waals surface area contributed by atoms with Gasteiger partial charge < -0.3 is 19.3 Å².